The summed E-state index contributed by atoms with van der Waals surface area (Å²) in [6, 6.07) is 0.480. The summed E-state index contributed by atoms with van der Waals surface area (Å²) >= 11 is 0. The molecule has 2 rings (SSSR count). The van der Waals surface area contributed by atoms with Crippen LogP contribution < -0.4 is 0 Å². The van der Waals surface area contributed by atoms with Crippen molar-refractivity contribution >= 4 is 5.78 Å². The van der Waals surface area contributed by atoms with Gasteiger partial charge < -0.3 is 4.74 Å². The van der Waals surface area contributed by atoms with Crippen LogP contribution in [-0.2, 0) is 9.53 Å². The fourth-order valence-corrected chi connectivity index (χ4v) is 3.03. The number of hydrogen-bond donors (Lipinski definition) is 0. The van der Waals surface area contributed by atoms with E-state index in [1.165, 1.54) is 0 Å². The molecule has 19 heavy (non-hydrogen) atoms. The predicted molar refractivity (Wildman–Crippen MR) is 63.8 cm³/mol. The van der Waals surface area contributed by atoms with Gasteiger partial charge in [0.1, 0.15) is 5.78 Å². The molecule has 2 fully saturated rings. The van der Waals surface area contributed by atoms with E-state index in [0.29, 0.717) is 13.2 Å². The quantitative estimate of drug-likeness (QED) is 0.791. The van der Waals surface area contributed by atoms with Crippen molar-refractivity contribution in [3.63, 3.8) is 0 Å². The van der Waals surface area contributed by atoms with Gasteiger partial charge in [0, 0.05) is 30.8 Å². The number of carbonyl (C=O) groups is 1. The minimum Gasteiger partial charge on any atom is -0.378 e. The van der Waals surface area contributed by atoms with Crippen LogP contribution in [0.1, 0.15) is 32.1 Å². The van der Waals surface area contributed by atoms with E-state index in [2.05, 4.69) is 4.90 Å². The highest BCUT2D eigenvalue weighted by molar-refractivity contribution is 5.81. The Morgan fingerprint density at radius 1 is 1.26 bits per heavy atom. The summed E-state index contributed by atoms with van der Waals surface area (Å²) in [5.74, 6) is -0.0856. The van der Waals surface area contributed by atoms with Crippen LogP contribution in [-0.4, -0.2) is 49.2 Å². The molecule has 2 aliphatic heterocycles. The van der Waals surface area contributed by atoms with Crippen molar-refractivity contribution in [2.75, 3.05) is 20.3 Å². The van der Waals surface area contributed by atoms with Crippen molar-refractivity contribution in [2.24, 2.45) is 5.92 Å². The van der Waals surface area contributed by atoms with Crippen LogP contribution in [0.3, 0.4) is 0 Å². The molecule has 0 radical (unpaired) electrons. The van der Waals surface area contributed by atoms with Crippen LogP contribution in [0.2, 0.25) is 0 Å². The number of morpholine rings is 1. The molecule has 0 amide bonds. The molecule has 0 aromatic heterocycles. The van der Waals surface area contributed by atoms with Gasteiger partial charge in [-0.1, -0.05) is 0 Å². The third-order valence-electron chi connectivity index (χ3n) is 4.22. The number of alkyl halides is 3. The van der Waals surface area contributed by atoms with Gasteiger partial charge in [-0.2, -0.15) is 13.2 Å². The van der Waals surface area contributed by atoms with Gasteiger partial charge in [0.25, 0.3) is 0 Å². The Bertz CT molecular complexity index is 318. The van der Waals surface area contributed by atoms with E-state index in [9.17, 15) is 18.0 Å². The molecule has 2 bridgehead atoms. The smallest absolute Gasteiger partial charge is 0.378 e. The van der Waals surface area contributed by atoms with Crippen molar-refractivity contribution in [3.05, 3.63) is 0 Å². The highest BCUT2D eigenvalue weighted by Crippen LogP contribution is 2.32. The molecule has 2 aliphatic rings. The van der Waals surface area contributed by atoms with E-state index < -0.39 is 12.6 Å². The molecule has 0 saturated carbocycles. The van der Waals surface area contributed by atoms with E-state index in [-0.39, 0.29) is 36.6 Å². The summed E-state index contributed by atoms with van der Waals surface area (Å²) in [4.78, 5) is 14.2. The Labute approximate surface area is 111 Å². The molecule has 2 unspecified atom stereocenters. The van der Waals surface area contributed by atoms with Gasteiger partial charge in [-0.05, 0) is 26.3 Å². The first-order chi connectivity index (χ1) is 8.87. The monoisotopic (exact) mass is 279 g/mol. The van der Waals surface area contributed by atoms with E-state index in [1.54, 1.807) is 0 Å². The zero-order valence-electron chi connectivity index (χ0n) is 11.1. The summed E-state index contributed by atoms with van der Waals surface area (Å²) in [6.07, 6.45) is -3.61. The van der Waals surface area contributed by atoms with Gasteiger partial charge in [0.15, 0.2) is 0 Å². The lowest BCUT2D eigenvalue weighted by atomic mass is 9.81. The van der Waals surface area contributed by atoms with E-state index >= 15 is 0 Å². The van der Waals surface area contributed by atoms with Crippen molar-refractivity contribution in [1.29, 1.82) is 0 Å². The van der Waals surface area contributed by atoms with Gasteiger partial charge in [-0.3, -0.25) is 9.69 Å². The highest BCUT2D eigenvalue weighted by Gasteiger charge is 2.39. The average molecular weight is 279 g/mol. The Morgan fingerprint density at radius 2 is 1.84 bits per heavy atom. The van der Waals surface area contributed by atoms with Crippen LogP contribution in [0.25, 0.3) is 0 Å². The van der Waals surface area contributed by atoms with Crippen molar-refractivity contribution < 1.29 is 22.7 Å². The lowest BCUT2D eigenvalue weighted by Gasteiger charge is -2.46. The second-order valence-electron chi connectivity index (χ2n) is 5.61. The number of carbonyl (C=O) groups excluding carboxylic acids is 1. The van der Waals surface area contributed by atoms with E-state index in [4.69, 9.17) is 4.74 Å². The minimum absolute atomic E-state index is 0.00532. The topological polar surface area (TPSA) is 29.5 Å². The van der Waals surface area contributed by atoms with Crippen LogP contribution in [0.4, 0.5) is 13.2 Å². The number of hydrogen-bond acceptors (Lipinski definition) is 3. The minimum atomic E-state index is -4.16. The molecule has 3 nitrogen and oxygen atoms in total. The Hall–Kier alpha value is -0.620. The predicted octanol–water partition coefficient (Wildman–Crippen LogP) is 2.40. The number of halogens is 3. The molecule has 6 heteroatoms. The second kappa shape index (κ2) is 5.79. The van der Waals surface area contributed by atoms with Crippen LogP contribution in [0.5, 0.6) is 0 Å². The van der Waals surface area contributed by atoms with Crippen LogP contribution in [0.15, 0.2) is 0 Å². The fourth-order valence-electron chi connectivity index (χ4n) is 3.03. The number of nitrogens with zero attached hydrogens (tertiary/aromatic N) is 1. The lowest BCUT2D eigenvalue weighted by molar-refractivity contribution is -0.139. The molecule has 2 saturated heterocycles. The molecule has 110 valence electrons. The highest BCUT2D eigenvalue weighted by atomic mass is 19.4. The Kier molecular flexibility index (Phi) is 4.50. The van der Waals surface area contributed by atoms with Gasteiger partial charge in [-0.25, -0.2) is 0 Å². The van der Waals surface area contributed by atoms with Gasteiger partial charge >= 0.3 is 6.18 Å². The molecule has 2 atom stereocenters. The number of likely N-dealkylation sites (N-methyl/N-ethyl adjacent to an activating group) is 1. The van der Waals surface area contributed by atoms with Gasteiger partial charge in [-0.15, -0.1) is 0 Å². The SMILES string of the molecule is CN1C2COCC1CC(C(=O)CCCC(F)(F)F)C2. The van der Waals surface area contributed by atoms with E-state index in [1.807, 2.05) is 7.05 Å². The fraction of sp³-hybridized carbons (Fsp3) is 0.923. The average Bonchev–Trinajstić information content (AvgIpc) is 2.26. The van der Waals surface area contributed by atoms with Gasteiger partial charge in [0.05, 0.1) is 13.2 Å². The number of fused-ring (bicyclic) bond motifs is 2. The molecule has 2 heterocycles. The number of rotatable bonds is 4. The van der Waals surface area contributed by atoms with E-state index in [0.717, 1.165) is 12.8 Å². The normalized spacial score (nSPS) is 32.3. The van der Waals surface area contributed by atoms with Crippen LogP contribution >= 0.6 is 0 Å². The first-order valence-electron chi connectivity index (χ1n) is 6.76. The summed E-state index contributed by atoms with van der Waals surface area (Å²) in [6.45, 7) is 1.25. The number of Topliss-reactive ketones (excluding diaryl/α,β-unsaturated/α-hetero) is 1. The third kappa shape index (κ3) is 3.92. The summed E-state index contributed by atoms with van der Waals surface area (Å²) < 4.78 is 41.6. The van der Waals surface area contributed by atoms with Crippen molar-refractivity contribution in [2.45, 2.75) is 50.4 Å². The van der Waals surface area contributed by atoms with Crippen molar-refractivity contribution in [3.8, 4) is 0 Å². The number of ketones is 1. The van der Waals surface area contributed by atoms with Crippen LogP contribution in [0, 0.1) is 5.92 Å². The number of ether oxygens (including phenoxy) is 1. The Morgan fingerprint density at radius 3 is 2.37 bits per heavy atom. The summed E-state index contributed by atoms with van der Waals surface area (Å²) in [7, 11) is 2.03. The molecule has 0 spiro atoms. The standard InChI is InChI=1S/C13H20F3NO2/c1-17-10-5-9(6-11(17)8-19-7-10)12(18)3-2-4-13(14,15)16/h9-11H,2-8H2,1H3. The van der Waals surface area contributed by atoms with Crippen molar-refractivity contribution in [1.82, 2.24) is 4.90 Å². The first kappa shape index (κ1) is 14.8. The summed E-state index contributed by atoms with van der Waals surface area (Å²) in [5, 5.41) is 0. The molecular weight excluding hydrogens is 259 g/mol. The zero-order valence-corrected chi connectivity index (χ0v) is 11.1. The maximum absolute atomic E-state index is 12.1. The molecule has 0 aliphatic carbocycles. The first-order valence-corrected chi connectivity index (χ1v) is 6.76. The van der Waals surface area contributed by atoms with Gasteiger partial charge in [0.2, 0.25) is 0 Å². The molecular formula is C13H20F3NO2. The lowest BCUT2D eigenvalue weighted by Crippen LogP contribution is -2.55. The third-order valence-corrected chi connectivity index (χ3v) is 4.22. The maximum atomic E-state index is 12.1. The molecule has 0 aromatic rings. The summed E-state index contributed by atoms with van der Waals surface area (Å²) in [5.41, 5.74) is 0. The number of piperidine rings is 1. The molecule has 0 aromatic carbocycles. The zero-order chi connectivity index (χ0) is 14.0. The maximum Gasteiger partial charge on any atom is 0.389 e. The Balaban J connectivity index is 1.80. The molecule has 0 N–H and O–H groups in total. The largest absolute Gasteiger partial charge is 0.389 e. The second-order valence-corrected chi connectivity index (χ2v) is 5.61.